The van der Waals surface area contributed by atoms with Gasteiger partial charge in [-0.2, -0.15) is 13.6 Å². The van der Waals surface area contributed by atoms with Gasteiger partial charge in [0, 0.05) is 5.56 Å². The molecule has 1 atom stereocenters. The minimum Gasteiger partial charge on any atom is -0.481 e. The zero-order chi connectivity index (χ0) is 12.3. The lowest BCUT2D eigenvalue weighted by Crippen LogP contribution is -2.20. The van der Waals surface area contributed by atoms with E-state index in [0.717, 1.165) is 0 Å². The highest BCUT2D eigenvalue weighted by Crippen LogP contribution is 2.27. The first-order valence-electron chi connectivity index (χ1n) is 4.35. The highest BCUT2D eigenvalue weighted by atomic mass is 32.2. The Morgan fingerprint density at radius 1 is 1.44 bits per heavy atom. The molecule has 16 heavy (non-hydrogen) atoms. The van der Waals surface area contributed by atoms with Gasteiger partial charge in [0.05, 0.1) is 5.92 Å². The SMILES string of the molecule is C[C@H](C(=O)O)c1ccccc1OS(N)(=O)=O. The fraction of sp³-hybridized carbons (Fsp3) is 0.222. The van der Waals surface area contributed by atoms with Crippen molar-refractivity contribution in [2.75, 3.05) is 0 Å². The van der Waals surface area contributed by atoms with Crippen LogP contribution in [0.25, 0.3) is 0 Å². The Kier molecular flexibility index (Phi) is 3.51. The van der Waals surface area contributed by atoms with Crippen molar-refractivity contribution >= 4 is 16.3 Å². The van der Waals surface area contributed by atoms with E-state index in [1.54, 1.807) is 6.07 Å². The smallest absolute Gasteiger partial charge is 0.380 e. The number of rotatable bonds is 4. The van der Waals surface area contributed by atoms with Crippen LogP contribution in [0.2, 0.25) is 0 Å². The average Bonchev–Trinajstić information content (AvgIpc) is 2.15. The first kappa shape index (κ1) is 12.5. The van der Waals surface area contributed by atoms with Gasteiger partial charge in [0.2, 0.25) is 0 Å². The minimum absolute atomic E-state index is 0.0695. The Bertz CT molecular complexity index is 496. The second-order valence-electron chi connectivity index (χ2n) is 3.17. The molecule has 0 amide bonds. The van der Waals surface area contributed by atoms with Gasteiger partial charge in [0.15, 0.2) is 0 Å². The van der Waals surface area contributed by atoms with Crippen molar-refractivity contribution in [3.8, 4) is 5.75 Å². The van der Waals surface area contributed by atoms with Crippen LogP contribution in [0, 0.1) is 0 Å². The van der Waals surface area contributed by atoms with E-state index < -0.39 is 22.2 Å². The molecule has 0 aliphatic heterocycles. The summed E-state index contributed by atoms with van der Waals surface area (Å²) >= 11 is 0. The molecule has 1 rings (SSSR count). The molecule has 0 bridgehead atoms. The number of carboxylic acid groups (broad SMARTS) is 1. The second-order valence-corrected chi connectivity index (χ2v) is 4.33. The van der Waals surface area contributed by atoms with Gasteiger partial charge in [0.25, 0.3) is 0 Å². The lowest BCUT2D eigenvalue weighted by atomic mass is 10.0. The Morgan fingerprint density at radius 3 is 2.50 bits per heavy atom. The molecule has 0 fully saturated rings. The highest BCUT2D eigenvalue weighted by molar-refractivity contribution is 7.84. The molecule has 1 aromatic carbocycles. The van der Waals surface area contributed by atoms with E-state index in [4.69, 9.17) is 10.2 Å². The molecule has 0 saturated carbocycles. The molecule has 0 aromatic heterocycles. The van der Waals surface area contributed by atoms with Crippen molar-refractivity contribution in [3.05, 3.63) is 29.8 Å². The van der Waals surface area contributed by atoms with Crippen molar-refractivity contribution in [1.82, 2.24) is 0 Å². The molecular formula is C9H11NO5S. The van der Waals surface area contributed by atoms with Crippen molar-refractivity contribution in [2.24, 2.45) is 5.14 Å². The van der Waals surface area contributed by atoms with E-state index >= 15 is 0 Å². The lowest BCUT2D eigenvalue weighted by molar-refractivity contribution is -0.138. The Morgan fingerprint density at radius 2 is 2.00 bits per heavy atom. The fourth-order valence-corrected chi connectivity index (χ4v) is 1.57. The van der Waals surface area contributed by atoms with Gasteiger partial charge in [-0.1, -0.05) is 18.2 Å². The van der Waals surface area contributed by atoms with Crippen LogP contribution in [0.3, 0.4) is 0 Å². The summed E-state index contributed by atoms with van der Waals surface area (Å²) in [7, 11) is -4.15. The molecule has 0 aliphatic rings. The van der Waals surface area contributed by atoms with Crippen LogP contribution in [0.15, 0.2) is 24.3 Å². The van der Waals surface area contributed by atoms with Crippen LogP contribution >= 0.6 is 0 Å². The fourth-order valence-electron chi connectivity index (χ4n) is 1.17. The van der Waals surface area contributed by atoms with Crippen LogP contribution in [0.1, 0.15) is 18.4 Å². The summed E-state index contributed by atoms with van der Waals surface area (Å²) in [5.74, 6) is -2.02. The molecule has 0 heterocycles. The summed E-state index contributed by atoms with van der Waals surface area (Å²) in [4.78, 5) is 10.8. The maximum Gasteiger partial charge on any atom is 0.380 e. The van der Waals surface area contributed by atoms with Crippen LogP contribution < -0.4 is 9.32 Å². The molecule has 7 heteroatoms. The maximum absolute atomic E-state index is 10.8. The van der Waals surface area contributed by atoms with Crippen LogP contribution in [0.4, 0.5) is 0 Å². The maximum atomic E-state index is 10.8. The third-order valence-corrected chi connectivity index (χ3v) is 2.37. The molecule has 1 aromatic rings. The van der Waals surface area contributed by atoms with Crippen LogP contribution in [0.5, 0.6) is 5.75 Å². The summed E-state index contributed by atoms with van der Waals surface area (Å²) in [6.45, 7) is 1.42. The summed E-state index contributed by atoms with van der Waals surface area (Å²) < 4.78 is 26.0. The van der Waals surface area contributed by atoms with Gasteiger partial charge in [-0.05, 0) is 13.0 Å². The van der Waals surface area contributed by atoms with E-state index in [1.165, 1.54) is 25.1 Å². The van der Waals surface area contributed by atoms with Gasteiger partial charge < -0.3 is 9.29 Å². The molecular weight excluding hydrogens is 234 g/mol. The number of hydrogen-bond acceptors (Lipinski definition) is 4. The number of nitrogens with two attached hydrogens (primary N) is 1. The topological polar surface area (TPSA) is 107 Å². The predicted octanol–water partition coefficient (Wildman–Crippen LogP) is 0.457. The highest BCUT2D eigenvalue weighted by Gasteiger charge is 2.19. The monoisotopic (exact) mass is 245 g/mol. The number of hydrogen-bond donors (Lipinski definition) is 2. The number of para-hydroxylation sites is 1. The van der Waals surface area contributed by atoms with Crippen molar-refractivity contribution in [3.63, 3.8) is 0 Å². The van der Waals surface area contributed by atoms with E-state index in [0.29, 0.717) is 0 Å². The zero-order valence-corrected chi connectivity index (χ0v) is 9.27. The molecule has 0 spiro atoms. The van der Waals surface area contributed by atoms with Crippen LogP contribution in [-0.4, -0.2) is 19.5 Å². The second kappa shape index (κ2) is 4.50. The van der Waals surface area contributed by atoms with Gasteiger partial charge in [-0.15, -0.1) is 0 Å². The van der Waals surface area contributed by atoms with Crippen LogP contribution in [-0.2, 0) is 15.1 Å². The van der Waals surface area contributed by atoms with Crippen molar-refractivity contribution in [2.45, 2.75) is 12.8 Å². The number of aliphatic carboxylic acids is 1. The zero-order valence-electron chi connectivity index (χ0n) is 8.45. The normalized spacial score (nSPS) is 13.1. The van der Waals surface area contributed by atoms with Gasteiger partial charge in [-0.3, -0.25) is 4.79 Å². The largest absolute Gasteiger partial charge is 0.481 e. The third kappa shape index (κ3) is 3.21. The molecule has 0 saturated heterocycles. The third-order valence-electron chi connectivity index (χ3n) is 1.96. The quantitative estimate of drug-likeness (QED) is 0.801. The molecule has 0 radical (unpaired) electrons. The van der Waals surface area contributed by atoms with E-state index in [1.807, 2.05) is 0 Å². The van der Waals surface area contributed by atoms with Gasteiger partial charge >= 0.3 is 16.3 Å². The molecule has 0 aliphatic carbocycles. The van der Waals surface area contributed by atoms with Crippen molar-refractivity contribution in [1.29, 1.82) is 0 Å². The Labute approximate surface area is 92.9 Å². The molecule has 3 N–H and O–H groups in total. The van der Waals surface area contributed by atoms with E-state index in [2.05, 4.69) is 4.18 Å². The number of benzene rings is 1. The first-order valence-corrected chi connectivity index (χ1v) is 5.82. The molecule has 88 valence electrons. The predicted molar refractivity (Wildman–Crippen MR) is 56.2 cm³/mol. The van der Waals surface area contributed by atoms with Gasteiger partial charge in [0.1, 0.15) is 5.75 Å². The number of carboxylic acids is 1. The summed E-state index contributed by atoms with van der Waals surface area (Å²) in [5.41, 5.74) is 0.254. The van der Waals surface area contributed by atoms with Gasteiger partial charge in [-0.25, -0.2) is 0 Å². The molecule has 0 unspecified atom stereocenters. The van der Waals surface area contributed by atoms with E-state index in [-0.39, 0.29) is 11.3 Å². The summed E-state index contributed by atoms with van der Waals surface area (Å²) in [6.07, 6.45) is 0. The van der Waals surface area contributed by atoms with Crippen molar-refractivity contribution < 1.29 is 22.5 Å². The standard InChI is InChI=1S/C9H11NO5S/c1-6(9(11)12)7-4-2-3-5-8(7)15-16(10,13)14/h2-6H,1H3,(H,11,12)(H2,10,13,14)/t6-/m0/s1. The summed E-state index contributed by atoms with van der Waals surface area (Å²) in [5, 5.41) is 13.5. The number of carbonyl (C=O) groups is 1. The van der Waals surface area contributed by atoms with E-state index in [9.17, 15) is 13.2 Å². The molecule has 6 nitrogen and oxygen atoms in total. The lowest BCUT2D eigenvalue weighted by Gasteiger charge is -2.11. The Balaban J connectivity index is 3.15. The Hall–Kier alpha value is -1.60. The average molecular weight is 245 g/mol. The first-order chi connectivity index (χ1) is 7.31. The minimum atomic E-state index is -4.15. The summed E-state index contributed by atoms with van der Waals surface area (Å²) in [6, 6.07) is 5.93.